The molecule has 0 aromatic heterocycles. The lowest BCUT2D eigenvalue weighted by Crippen LogP contribution is -2.28. The standard InChI is InChI=1S/C28H32N2O3S/c1-28(2)26(18-13-21-11-15-23(16-12-21)29(3)4)30(19-7-8-20-34(31,32)33)25-17-14-22-9-5-6-10-24(22)27(25)28/h5-6,9-18H,7-8,19-20H2,1-4H3. The number of anilines is 1. The molecule has 5 nitrogen and oxygen atoms in total. The molecule has 0 amide bonds. The third-order valence-corrected chi connectivity index (χ3v) is 7.41. The van der Waals surface area contributed by atoms with Gasteiger partial charge in [0.2, 0.25) is 5.69 Å². The first-order valence-electron chi connectivity index (χ1n) is 11.6. The summed E-state index contributed by atoms with van der Waals surface area (Å²) < 4.78 is 35.5. The molecule has 1 aliphatic heterocycles. The normalized spacial score (nSPS) is 15.3. The Balaban J connectivity index is 1.74. The van der Waals surface area contributed by atoms with E-state index >= 15 is 0 Å². The summed E-state index contributed by atoms with van der Waals surface area (Å²) in [7, 11) is -0.140. The molecular weight excluding hydrogens is 444 g/mol. The molecule has 0 radical (unpaired) electrons. The van der Waals surface area contributed by atoms with Crippen LogP contribution in [0, 0.1) is 0 Å². The lowest BCUT2D eigenvalue weighted by molar-refractivity contribution is -0.438. The van der Waals surface area contributed by atoms with Crippen LogP contribution in [0.3, 0.4) is 0 Å². The summed E-state index contributed by atoms with van der Waals surface area (Å²) in [6.07, 6.45) is 5.30. The molecule has 0 unspecified atom stereocenters. The maximum atomic E-state index is 11.1. The van der Waals surface area contributed by atoms with Crippen LogP contribution in [-0.4, -0.2) is 49.7 Å². The highest BCUT2D eigenvalue weighted by Gasteiger charge is 2.45. The molecule has 178 valence electrons. The van der Waals surface area contributed by atoms with Gasteiger partial charge in [-0.2, -0.15) is 4.58 Å². The fourth-order valence-electron chi connectivity index (χ4n) is 4.88. The average molecular weight is 477 g/mol. The minimum absolute atomic E-state index is 0.235. The average Bonchev–Trinajstić information content (AvgIpc) is 3.01. The van der Waals surface area contributed by atoms with Crippen molar-refractivity contribution in [2.45, 2.75) is 32.1 Å². The number of hydrogen-bond donors (Lipinski definition) is 0. The molecule has 0 bridgehead atoms. The second-order valence-corrected chi connectivity index (χ2v) is 11.2. The fourth-order valence-corrected chi connectivity index (χ4v) is 5.44. The van der Waals surface area contributed by atoms with E-state index in [0.717, 1.165) is 16.9 Å². The Labute approximate surface area is 202 Å². The van der Waals surface area contributed by atoms with Crippen molar-refractivity contribution < 1.29 is 17.5 Å². The molecule has 34 heavy (non-hydrogen) atoms. The van der Waals surface area contributed by atoms with Gasteiger partial charge in [-0.3, -0.25) is 0 Å². The second kappa shape index (κ2) is 9.35. The molecule has 1 heterocycles. The molecule has 0 atom stereocenters. The van der Waals surface area contributed by atoms with E-state index in [-0.39, 0.29) is 11.2 Å². The van der Waals surface area contributed by atoms with E-state index in [9.17, 15) is 13.0 Å². The first-order chi connectivity index (χ1) is 16.1. The molecule has 0 saturated heterocycles. The van der Waals surface area contributed by atoms with Gasteiger partial charge in [-0.25, -0.2) is 8.42 Å². The number of fused-ring (bicyclic) bond motifs is 3. The maximum Gasteiger partial charge on any atom is 0.210 e. The highest BCUT2D eigenvalue weighted by molar-refractivity contribution is 7.85. The Morgan fingerprint density at radius 1 is 0.941 bits per heavy atom. The zero-order valence-corrected chi connectivity index (χ0v) is 21.1. The summed E-state index contributed by atoms with van der Waals surface area (Å²) in [6, 6.07) is 21.2. The topological polar surface area (TPSA) is 63.5 Å². The largest absolute Gasteiger partial charge is 0.748 e. The molecule has 6 heteroatoms. The predicted molar refractivity (Wildman–Crippen MR) is 140 cm³/mol. The lowest BCUT2D eigenvalue weighted by Gasteiger charge is -2.17. The van der Waals surface area contributed by atoms with E-state index in [1.807, 2.05) is 14.1 Å². The number of unbranched alkanes of at least 4 members (excludes halogenated alkanes) is 1. The van der Waals surface area contributed by atoms with Gasteiger partial charge >= 0.3 is 0 Å². The van der Waals surface area contributed by atoms with Gasteiger partial charge in [0.05, 0.1) is 15.5 Å². The van der Waals surface area contributed by atoms with Crippen LogP contribution < -0.4 is 4.90 Å². The quantitative estimate of drug-likeness (QED) is 0.251. The number of benzene rings is 3. The number of allylic oxidation sites excluding steroid dienone is 1. The van der Waals surface area contributed by atoms with Crippen molar-refractivity contribution >= 4 is 44.1 Å². The Hall–Kier alpha value is -2.96. The fraction of sp³-hybridized carbons (Fsp3) is 0.321. The van der Waals surface area contributed by atoms with E-state index < -0.39 is 10.1 Å². The first-order valence-corrected chi connectivity index (χ1v) is 13.2. The molecule has 0 fully saturated rings. The van der Waals surface area contributed by atoms with Gasteiger partial charge in [0.25, 0.3) is 0 Å². The van der Waals surface area contributed by atoms with E-state index in [0.29, 0.717) is 19.4 Å². The van der Waals surface area contributed by atoms with Crippen molar-refractivity contribution in [2.24, 2.45) is 0 Å². The molecular formula is C28H32N2O3S. The van der Waals surface area contributed by atoms with Gasteiger partial charge in [-0.05, 0) is 60.9 Å². The third-order valence-electron chi connectivity index (χ3n) is 6.62. The summed E-state index contributed by atoms with van der Waals surface area (Å²) in [5.74, 6) is -0.321. The minimum Gasteiger partial charge on any atom is -0.748 e. The number of nitrogens with zero attached hydrogens (tertiary/aromatic N) is 2. The molecule has 0 aliphatic carbocycles. The maximum absolute atomic E-state index is 11.1. The zero-order valence-electron chi connectivity index (χ0n) is 20.3. The van der Waals surface area contributed by atoms with Crippen LogP contribution in [-0.2, 0) is 15.5 Å². The predicted octanol–water partition coefficient (Wildman–Crippen LogP) is 5.32. The Morgan fingerprint density at radius 2 is 1.65 bits per heavy atom. The molecule has 0 N–H and O–H groups in total. The number of hydrogen-bond acceptors (Lipinski definition) is 4. The van der Waals surface area contributed by atoms with Gasteiger partial charge in [0.1, 0.15) is 6.54 Å². The van der Waals surface area contributed by atoms with Crippen molar-refractivity contribution in [1.82, 2.24) is 0 Å². The second-order valence-electron chi connectivity index (χ2n) is 9.63. The molecule has 1 aliphatic rings. The van der Waals surface area contributed by atoms with Gasteiger partial charge in [-0.15, -0.1) is 0 Å². The van der Waals surface area contributed by atoms with E-state index in [2.05, 4.69) is 96.1 Å². The Kier molecular flexibility index (Phi) is 6.65. The Morgan fingerprint density at radius 3 is 2.32 bits per heavy atom. The zero-order chi connectivity index (χ0) is 24.5. The summed E-state index contributed by atoms with van der Waals surface area (Å²) >= 11 is 0. The summed E-state index contributed by atoms with van der Waals surface area (Å²) in [4.78, 5) is 2.08. The molecule has 0 spiro atoms. The molecule has 4 rings (SSSR count). The van der Waals surface area contributed by atoms with Gasteiger partial charge in [-0.1, -0.05) is 36.4 Å². The van der Waals surface area contributed by atoms with Gasteiger partial charge < -0.3 is 9.45 Å². The molecule has 0 saturated carbocycles. The van der Waals surface area contributed by atoms with Crippen molar-refractivity contribution in [2.75, 3.05) is 31.3 Å². The Bertz CT molecular complexity index is 1370. The van der Waals surface area contributed by atoms with E-state index in [4.69, 9.17) is 0 Å². The van der Waals surface area contributed by atoms with Crippen LogP contribution in [0.5, 0.6) is 0 Å². The van der Waals surface area contributed by atoms with Crippen molar-refractivity contribution in [1.29, 1.82) is 0 Å². The number of rotatable bonds is 8. The van der Waals surface area contributed by atoms with Gasteiger partial charge in [0.15, 0.2) is 5.71 Å². The molecule has 3 aromatic rings. The van der Waals surface area contributed by atoms with Crippen LogP contribution in [0.2, 0.25) is 0 Å². The third kappa shape index (κ3) is 4.93. The van der Waals surface area contributed by atoms with E-state index in [1.54, 1.807) is 0 Å². The summed E-state index contributed by atoms with van der Waals surface area (Å²) in [5.41, 5.74) is 5.63. The summed E-state index contributed by atoms with van der Waals surface area (Å²) in [5, 5.41) is 2.44. The van der Waals surface area contributed by atoms with E-state index in [1.165, 1.54) is 22.0 Å². The minimum atomic E-state index is -4.19. The van der Waals surface area contributed by atoms with Crippen molar-refractivity contribution in [3.05, 3.63) is 77.9 Å². The SMILES string of the molecule is CN(C)c1ccc(/C=C/C2=[N+](CCCCS(=O)(=O)[O-])c3ccc4ccccc4c3C2(C)C)cc1. The first kappa shape index (κ1) is 24.2. The highest BCUT2D eigenvalue weighted by atomic mass is 32.2. The molecule has 3 aromatic carbocycles. The smallest absolute Gasteiger partial charge is 0.210 e. The lowest BCUT2D eigenvalue weighted by atomic mass is 9.79. The summed E-state index contributed by atoms with van der Waals surface area (Å²) in [6.45, 7) is 5.15. The van der Waals surface area contributed by atoms with Gasteiger partial charge in [0, 0.05) is 49.7 Å². The van der Waals surface area contributed by atoms with Crippen LogP contribution in [0.15, 0.2) is 66.7 Å². The van der Waals surface area contributed by atoms with Crippen LogP contribution in [0.4, 0.5) is 11.4 Å². The monoisotopic (exact) mass is 476 g/mol. The van der Waals surface area contributed by atoms with Crippen molar-refractivity contribution in [3.8, 4) is 0 Å². The van der Waals surface area contributed by atoms with Crippen LogP contribution in [0.25, 0.3) is 16.8 Å². The van der Waals surface area contributed by atoms with Crippen LogP contribution >= 0.6 is 0 Å². The van der Waals surface area contributed by atoms with Crippen molar-refractivity contribution in [3.63, 3.8) is 0 Å². The van der Waals surface area contributed by atoms with Crippen LogP contribution in [0.1, 0.15) is 37.8 Å². The highest BCUT2D eigenvalue weighted by Crippen LogP contribution is 2.44.